The van der Waals surface area contributed by atoms with Gasteiger partial charge in [0, 0.05) is 36.8 Å². The van der Waals surface area contributed by atoms with Gasteiger partial charge in [-0.15, -0.1) is 0 Å². The number of nitrogens with two attached hydrogens (primary N) is 1. The number of carbonyl (C=O) groups is 2. The molecule has 0 radical (unpaired) electrons. The number of aromatic nitrogens is 2. The van der Waals surface area contributed by atoms with Crippen LogP contribution in [0.3, 0.4) is 0 Å². The molecule has 10 nitrogen and oxygen atoms in total. The van der Waals surface area contributed by atoms with Gasteiger partial charge in [0.15, 0.2) is 0 Å². The predicted molar refractivity (Wildman–Crippen MR) is 155 cm³/mol. The van der Waals surface area contributed by atoms with Crippen LogP contribution < -0.4 is 26.5 Å². The molecule has 0 aliphatic carbocycles. The van der Waals surface area contributed by atoms with E-state index in [-0.39, 0.29) is 28.3 Å². The van der Waals surface area contributed by atoms with Crippen LogP contribution in [0.1, 0.15) is 29.3 Å². The lowest BCUT2D eigenvalue weighted by atomic mass is 9.95. The van der Waals surface area contributed by atoms with E-state index in [0.29, 0.717) is 34.2 Å². The first-order chi connectivity index (χ1) is 21.2. The number of aliphatic carboxylic acids is 1. The first-order valence-corrected chi connectivity index (χ1v) is 13.4. The second-order valence-electron chi connectivity index (χ2n) is 10.1. The van der Waals surface area contributed by atoms with Crippen molar-refractivity contribution in [2.24, 2.45) is 12.9 Å². The van der Waals surface area contributed by atoms with Crippen molar-refractivity contribution in [1.29, 1.82) is 0 Å². The summed E-state index contributed by atoms with van der Waals surface area (Å²) in [6.45, 7) is 1.19. The SMILES string of the molecule is CC[C@@H](N(N)c1cc(F)c(C(=O)N[C@@H](Cc2ccc(-c3c(OC)ccn(C)c3=O)c3ncccc23)C(=O)O)c(F)c1)C(F)(F)F. The molecule has 4 aromatic rings. The maximum absolute atomic E-state index is 14.9. The van der Waals surface area contributed by atoms with Crippen LogP contribution in [0.15, 0.2) is 59.7 Å². The Morgan fingerprint density at radius 3 is 2.40 bits per heavy atom. The van der Waals surface area contributed by atoms with Crippen LogP contribution >= 0.6 is 0 Å². The number of nitrogens with one attached hydrogen (secondary N) is 1. The molecule has 0 fully saturated rings. The minimum absolute atomic E-state index is 0.150. The quantitative estimate of drug-likeness (QED) is 0.133. The lowest BCUT2D eigenvalue weighted by molar-refractivity contribution is -0.149. The first kappa shape index (κ1) is 32.9. The number of carbonyl (C=O) groups excluding carboxylic acids is 1. The molecule has 0 spiro atoms. The Balaban J connectivity index is 1.67. The van der Waals surface area contributed by atoms with Gasteiger partial charge in [-0.3, -0.25) is 19.6 Å². The fourth-order valence-electron chi connectivity index (χ4n) is 4.98. The lowest BCUT2D eigenvalue weighted by Crippen LogP contribution is -2.50. The van der Waals surface area contributed by atoms with Gasteiger partial charge in [0.2, 0.25) is 0 Å². The van der Waals surface area contributed by atoms with Crippen LogP contribution in [-0.4, -0.2) is 51.9 Å². The Morgan fingerprint density at radius 2 is 1.82 bits per heavy atom. The van der Waals surface area contributed by atoms with Crippen molar-refractivity contribution in [2.45, 2.75) is 38.0 Å². The summed E-state index contributed by atoms with van der Waals surface area (Å²) >= 11 is 0. The Hall–Kier alpha value is -5.05. The number of hydrogen-bond acceptors (Lipinski definition) is 7. The molecule has 0 saturated heterocycles. The van der Waals surface area contributed by atoms with E-state index in [2.05, 4.69) is 10.3 Å². The molecular weight excluding hydrogens is 605 g/mol. The van der Waals surface area contributed by atoms with Crippen LogP contribution in [-0.2, 0) is 18.3 Å². The number of carboxylic acids is 1. The number of amides is 1. The number of hydrogen-bond donors (Lipinski definition) is 3. The number of hydrazine groups is 1. The molecule has 2 aromatic carbocycles. The van der Waals surface area contributed by atoms with E-state index in [1.165, 1.54) is 37.1 Å². The maximum Gasteiger partial charge on any atom is 0.410 e. The van der Waals surface area contributed by atoms with Crippen LogP contribution in [0.2, 0.25) is 0 Å². The molecular formula is C30H28F5N5O5. The fraction of sp³-hybridized carbons (Fsp3) is 0.267. The van der Waals surface area contributed by atoms with E-state index in [1.807, 2.05) is 0 Å². The van der Waals surface area contributed by atoms with Crippen molar-refractivity contribution >= 4 is 28.5 Å². The van der Waals surface area contributed by atoms with Gasteiger partial charge in [0.05, 0.1) is 23.9 Å². The predicted octanol–water partition coefficient (Wildman–Crippen LogP) is 4.33. The van der Waals surface area contributed by atoms with Crippen molar-refractivity contribution in [3.63, 3.8) is 0 Å². The average molecular weight is 634 g/mol. The van der Waals surface area contributed by atoms with Gasteiger partial charge in [-0.1, -0.05) is 25.1 Å². The lowest BCUT2D eigenvalue weighted by Gasteiger charge is -2.30. The first-order valence-electron chi connectivity index (χ1n) is 13.4. The normalized spacial score (nSPS) is 12.9. The molecule has 2 atom stereocenters. The minimum atomic E-state index is -4.80. The van der Waals surface area contributed by atoms with E-state index in [1.54, 1.807) is 31.3 Å². The summed E-state index contributed by atoms with van der Waals surface area (Å²) in [5, 5.41) is 12.5. The van der Waals surface area contributed by atoms with Crippen molar-refractivity contribution in [1.82, 2.24) is 14.9 Å². The molecule has 2 heterocycles. The monoisotopic (exact) mass is 633 g/mol. The highest BCUT2D eigenvalue weighted by Crippen LogP contribution is 2.34. The van der Waals surface area contributed by atoms with Crippen molar-refractivity contribution in [2.75, 3.05) is 12.1 Å². The number of nitrogens with zero attached hydrogens (tertiary/aromatic N) is 3. The number of methoxy groups -OCH3 is 1. The van der Waals surface area contributed by atoms with Gasteiger partial charge in [-0.05, 0) is 36.2 Å². The smallest absolute Gasteiger partial charge is 0.410 e. The Bertz CT molecular complexity index is 1800. The van der Waals surface area contributed by atoms with Gasteiger partial charge < -0.3 is 19.7 Å². The number of aryl methyl sites for hydroxylation is 1. The molecule has 0 unspecified atom stereocenters. The number of benzene rings is 2. The zero-order valence-electron chi connectivity index (χ0n) is 24.2. The van der Waals surface area contributed by atoms with Crippen molar-refractivity contribution in [3.8, 4) is 16.9 Å². The molecule has 2 aromatic heterocycles. The number of pyridine rings is 2. The number of rotatable bonds is 10. The molecule has 4 N–H and O–H groups in total. The van der Waals surface area contributed by atoms with Gasteiger partial charge in [-0.2, -0.15) is 13.2 Å². The number of ether oxygens (including phenoxy) is 1. The number of halogens is 5. The van der Waals surface area contributed by atoms with E-state index >= 15 is 0 Å². The summed E-state index contributed by atoms with van der Waals surface area (Å²) in [7, 11) is 2.96. The summed E-state index contributed by atoms with van der Waals surface area (Å²) < 4.78 is 76.5. The molecule has 4 rings (SSSR count). The number of alkyl halides is 3. The highest BCUT2D eigenvalue weighted by molar-refractivity contribution is 5.99. The summed E-state index contributed by atoms with van der Waals surface area (Å²) in [6.07, 6.45) is -2.69. The largest absolute Gasteiger partial charge is 0.496 e. The standard InChI is InChI=1S/C30H28F5N5O5/c1-4-23(30(33,34)35)40(36)16-13-19(31)25(20(32)14-16)27(41)38-21(29(43)44)12-15-7-8-18(26-17(15)6-5-10-37-26)24-22(45-3)9-11-39(2)28(24)42/h5-11,13-14,21,23H,4,12,36H2,1-3H3,(H,38,41)(H,43,44)/t21-,23+/m0/s1. The summed E-state index contributed by atoms with van der Waals surface area (Å²) in [4.78, 5) is 42.5. The molecule has 45 heavy (non-hydrogen) atoms. The minimum Gasteiger partial charge on any atom is -0.496 e. The molecule has 15 heteroatoms. The van der Waals surface area contributed by atoms with E-state index in [0.717, 1.165) is 0 Å². The average Bonchev–Trinajstić information content (AvgIpc) is 2.97. The highest BCUT2D eigenvalue weighted by Gasteiger charge is 2.42. The Kier molecular flexibility index (Phi) is 9.42. The third-order valence-electron chi connectivity index (χ3n) is 7.26. The molecule has 0 bridgehead atoms. The molecule has 0 aliphatic heterocycles. The Morgan fingerprint density at radius 1 is 1.16 bits per heavy atom. The summed E-state index contributed by atoms with van der Waals surface area (Å²) in [5.41, 5.74) is -0.938. The van der Waals surface area contributed by atoms with Crippen molar-refractivity contribution in [3.05, 3.63) is 88.0 Å². The van der Waals surface area contributed by atoms with Crippen LogP contribution in [0.5, 0.6) is 5.75 Å². The number of carboxylic acid groups (broad SMARTS) is 1. The third-order valence-corrected chi connectivity index (χ3v) is 7.26. The maximum atomic E-state index is 14.9. The molecule has 0 saturated carbocycles. The summed E-state index contributed by atoms with van der Waals surface area (Å²) in [6, 6.07) is 4.85. The van der Waals surface area contributed by atoms with E-state index < -0.39 is 59.4 Å². The topological polar surface area (TPSA) is 140 Å². The van der Waals surface area contributed by atoms with Crippen LogP contribution in [0.25, 0.3) is 22.0 Å². The van der Waals surface area contributed by atoms with E-state index in [4.69, 9.17) is 10.6 Å². The number of anilines is 1. The van der Waals surface area contributed by atoms with Crippen LogP contribution in [0.4, 0.5) is 27.6 Å². The van der Waals surface area contributed by atoms with Crippen LogP contribution in [0, 0.1) is 11.6 Å². The van der Waals surface area contributed by atoms with Gasteiger partial charge >= 0.3 is 12.1 Å². The molecule has 0 aliphatic rings. The summed E-state index contributed by atoms with van der Waals surface area (Å²) in [5.74, 6) is -0.294. The zero-order chi connectivity index (χ0) is 33.2. The van der Waals surface area contributed by atoms with Gasteiger partial charge in [-0.25, -0.2) is 19.4 Å². The fourth-order valence-corrected chi connectivity index (χ4v) is 4.98. The van der Waals surface area contributed by atoms with E-state index in [9.17, 15) is 41.4 Å². The second-order valence-corrected chi connectivity index (χ2v) is 10.1. The molecule has 1 amide bonds. The number of fused-ring (bicyclic) bond motifs is 1. The van der Waals surface area contributed by atoms with Gasteiger partial charge in [0.25, 0.3) is 11.5 Å². The highest BCUT2D eigenvalue weighted by atomic mass is 19.4. The third kappa shape index (κ3) is 6.57. The Labute approximate surface area is 252 Å². The second kappa shape index (κ2) is 12.9. The molecule has 238 valence electrons. The van der Waals surface area contributed by atoms with Crippen molar-refractivity contribution < 1.29 is 41.4 Å². The zero-order valence-corrected chi connectivity index (χ0v) is 24.2. The van der Waals surface area contributed by atoms with Gasteiger partial charge in [0.1, 0.15) is 35.0 Å².